The van der Waals surface area contributed by atoms with Gasteiger partial charge in [-0.1, -0.05) is 139 Å². The van der Waals surface area contributed by atoms with Crippen molar-refractivity contribution in [2.75, 3.05) is 41.5 Å². The molecule has 8 fully saturated rings. The van der Waals surface area contributed by atoms with Crippen molar-refractivity contribution in [1.29, 1.82) is 0 Å². The van der Waals surface area contributed by atoms with E-state index in [1.165, 1.54) is 28.4 Å². The van der Waals surface area contributed by atoms with Crippen LogP contribution in [0.5, 0.6) is 0 Å². The largest absolute Gasteiger partial charge is 0.480 e. The molecule has 18 rings (SSSR count). The van der Waals surface area contributed by atoms with Crippen LogP contribution >= 0.6 is 0 Å². The van der Waals surface area contributed by atoms with E-state index in [9.17, 15) is 43.2 Å². The lowest BCUT2D eigenvalue weighted by molar-refractivity contribution is -0.140. The Morgan fingerprint density at radius 1 is 0.431 bits per heavy atom. The number of benzene rings is 6. The first-order chi connectivity index (χ1) is 62.4. The number of rotatable bonds is 22. The van der Waals surface area contributed by atoms with Gasteiger partial charge in [-0.3, -0.25) is 19.3 Å². The fourth-order valence-corrected chi connectivity index (χ4v) is 20.2. The number of methoxy groups -OCH3 is 4. The fourth-order valence-electron chi connectivity index (χ4n) is 20.2. The number of carbonyl (C=O) groups is 9. The van der Waals surface area contributed by atoms with Crippen molar-refractivity contribution in [3.63, 3.8) is 0 Å². The molecule has 130 heavy (non-hydrogen) atoms. The quantitative estimate of drug-likeness (QED) is 0.0285. The van der Waals surface area contributed by atoms with E-state index in [0.717, 1.165) is 196 Å². The maximum atomic E-state index is 14.0. The highest BCUT2D eigenvalue weighted by atomic mass is 16.6. The van der Waals surface area contributed by atoms with Crippen LogP contribution in [0.2, 0.25) is 0 Å². The molecule has 4 bridgehead atoms. The van der Waals surface area contributed by atoms with Crippen molar-refractivity contribution >= 4 is 75.7 Å². The Labute approximate surface area is 755 Å². The van der Waals surface area contributed by atoms with Gasteiger partial charge in [-0.05, 0) is 224 Å². The zero-order valence-electron chi connectivity index (χ0n) is 76.0. The maximum absolute atomic E-state index is 14.0. The second-order valence-corrected chi connectivity index (χ2v) is 38.0. The van der Waals surface area contributed by atoms with Gasteiger partial charge in [0.25, 0.3) is 0 Å². The molecule has 12 atom stereocenters. The molecule has 31 heteroatoms. The summed E-state index contributed by atoms with van der Waals surface area (Å²) in [6.45, 7) is 18.4. The summed E-state index contributed by atoms with van der Waals surface area (Å²) in [5.74, 6) is 2.24. The average Bonchev–Trinajstić information content (AvgIpc) is 1.58. The second-order valence-electron chi connectivity index (χ2n) is 38.0. The molecule has 8 aliphatic rings. The summed E-state index contributed by atoms with van der Waals surface area (Å²) >= 11 is 0. The lowest BCUT2D eigenvalue weighted by Gasteiger charge is -2.37. The highest BCUT2D eigenvalue weighted by Gasteiger charge is 2.58. The highest BCUT2D eigenvalue weighted by molar-refractivity contribution is 5.94. The van der Waals surface area contributed by atoms with Gasteiger partial charge in [0.05, 0.1) is 100 Å². The topological polar surface area (TPSA) is 396 Å². The number of likely N-dealkylation sites (tertiary alicyclic amines) is 4. The number of carboxylic acid groups (broad SMARTS) is 1. The van der Waals surface area contributed by atoms with Crippen LogP contribution in [0, 0.1) is 34.5 Å². The van der Waals surface area contributed by atoms with Gasteiger partial charge in [0.2, 0.25) is 17.7 Å². The lowest BCUT2D eigenvalue weighted by Crippen LogP contribution is -2.54. The Morgan fingerprint density at radius 3 is 1.13 bits per heavy atom. The summed E-state index contributed by atoms with van der Waals surface area (Å²) in [4.78, 5) is 153. The number of imidazole rings is 4. The number of carbonyl (C=O) groups excluding carboxylic acids is 8. The van der Waals surface area contributed by atoms with Crippen molar-refractivity contribution < 1.29 is 71.9 Å². The number of hydrogen-bond donors (Lipinski definition) is 9. The number of aromatic nitrogens is 8. The monoisotopic (exact) mass is 1770 g/mol. The zero-order valence-corrected chi connectivity index (χ0v) is 76.0. The minimum absolute atomic E-state index is 0.0827. The van der Waals surface area contributed by atoms with Gasteiger partial charge in [0.1, 0.15) is 53.1 Å². The summed E-state index contributed by atoms with van der Waals surface area (Å²) in [6.07, 6.45) is 17.5. The molecule has 0 unspecified atom stereocenters. The number of H-pyrrole nitrogens is 4. The van der Waals surface area contributed by atoms with Gasteiger partial charge >= 0.3 is 36.4 Å². The number of aromatic amines is 4. The van der Waals surface area contributed by atoms with Crippen LogP contribution in [0.25, 0.3) is 88.8 Å². The molecule has 8 heterocycles. The molecule has 4 saturated carbocycles. The van der Waals surface area contributed by atoms with Crippen molar-refractivity contribution in [2.45, 2.75) is 218 Å². The van der Waals surface area contributed by atoms with E-state index in [2.05, 4.69) is 167 Å². The number of nitrogens with one attached hydrogen (secondary N) is 8. The molecule has 4 aliphatic heterocycles. The van der Waals surface area contributed by atoms with E-state index in [1.807, 2.05) is 99.8 Å². The number of carboxylic acids is 1. The van der Waals surface area contributed by atoms with E-state index in [-0.39, 0.29) is 82.7 Å². The molecule has 9 N–H and O–H groups in total. The van der Waals surface area contributed by atoms with Crippen LogP contribution in [0.1, 0.15) is 200 Å². The Kier molecular flexibility index (Phi) is 25.8. The normalized spacial score (nSPS) is 21.4. The van der Waals surface area contributed by atoms with E-state index in [1.54, 1.807) is 6.92 Å². The number of piperidine rings is 2. The van der Waals surface area contributed by atoms with Crippen LogP contribution in [0.15, 0.2) is 146 Å². The van der Waals surface area contributed by atoms with Gasteiger partial charge in [-0.15, -0.1) is 0 Å². The second kappa shape index (κ2) is 37.2. The molecule has 4 aliphatic carbocycles. The summed E-state index contributed by atoms with van der Waals surface area (Å²) in [7, 11) is 5.11. The number of ether oxygens (including phenoxy) is 5. The average molecular weight is 1770 g/mol. The number of hydrogen-bond acceptors (Lipinski definition) is 18. The van der Waals surface area contributed by atoms with Crippen molar-refractivity contribution in [1.82, 2.24) is 80.7 Å². The van der Waals surface area contributed by atoms with Gasteiger partial charge < -0.3 is 84.7 Å². The third kappa shape index (κ3) is 19.0. The van der Waals surface area contributed by atoms with E-state index in [0.29, 0.717) is 31.2 Å². The van der Waals surface area contributed by atoms with Crippen molar-refractivity contribution in [3.05, 3.63) is 169 Å². The molecule has 0 radical (unpaired) electrons. The molecular formula is C99H118N16O15. The summed E-state index contributed by atoms with van der Waals surface area (Å²) in [6, 6.07) is 39.5. The molecule has 10 aromatic rings. The standard InChI is InChI=1S/C47H54N8O6.C46H53N7O5.C6H11NO4/c1-6-35(52-45(58)60-4)43(56)54-25-47(17-18-47)22-38(54)41-48-24-37(50-41)32-14-13-30-19-29(11-12-31(30)20-32)27-7-9-28(10-8-27)36-23-49-42(51-36)40-33-15-16-34(21-33)55(40)44(57)39(26(2)3)53-46(59)61-5;1-26(2)38(51-43(55)57-6)42(54)53-34-16-15-33(21-34)39(53)41-48-23-35(50-41)28-9-7-27(8-10-28)29-11-12-31-20-32(14-13-30(31)19-29)36-24-47-40(49-36)37-22-46(17-18-46)25-52(37)44(56)58-45(3,4)5;1-3-4(5(8)9)7-6(10)11-2/h7-14,19-20,23-24,26,33-35,38-40H,6,15-18,21-22,25H2,1-5H3,(H,48,50)(H,49,51)(H,52,58)(H,53,59);7-14,19-20,23-24,26,33-34,37-39H,15-18,21-22,25H2,1-6H3,(H,47,49)(H,48,50)(H,51,55);4H,3H2,1-2H3,(H,7,10)(H,8,9)/t33-,34+,35-,38-,39-,40-;33-,34+,37-,38-,39-;4-/m000/s1. The predicted molar refractivity (Wildman–Crippen MR) is 488 cm³/mol. The van der Waals surface area contributed by atoms with Crippen LogP contribution in [0.3, 0.4) is 0 Å². The SMILES string of the molecule is CC[C@H](NC(=O)OC)C(=O)N1CC2(CC2)C[C@H]1c1ncc(-c2ccc3cc(-c4ccc(-c5cnc([C@@H]6[C@H]7CC[C@H](C7)N6C(=O)[C@@H](NC(=O)OC)C(C)C)[nH]5)cc4)ccc3c2)[nH]1.CC[C@H](NC(=O)OC)C(=O)O.COC(=O)N[C@H](C(=O)N1[C@@H]2CC[C@@H](C2)[C@H]1c1ncc(-c2ccc(-c3ccc4cc(-c5cnc([C@@H]6CC7(CC7)CN6C(=O)OC(C)(C)C)[nH]5)ccc4c3)cc2)[nH]1)C(C)C. The summed E-state index contributed by atoms with van der Waals surface area (Å²) in [5.41, 5.74) is 11.9. The molecule has 6 aromatic carbocycles. The minimum atomic E-state index is -1.06. The van der Waals surface area contributed by atoms with Gasteiger partial charge in [0, 0.05) is 36.3 Å². The van der Waals surface area contributed by atoms with Gasteiger partial charge in [-0.2, -0.15) is 0 Å². The van der Waals surface area contributed by atoms with Crippen LogP contribution < -0.4 is 21.3 Å². The first-order valence-corrected chi connectivity index (χ1v) is 45.4. The molecule has 4 saturated heterocycles. The summed E-state index contributed by atoms with van der Waals surface area (Å²) in [5, 5.41) is 23.3. The van der Waals surface area contributed by atoms with E-state index >= 15 is 0 Å². The molecule has 31 nitrogen and oxygen atoms in total. The smallest absolute Gasteiger partial charge is 0.410 e. The van der Waals surface area contributed by atoms with Gasteiger partial charge in [-0.25, -0.2) is 48.7 Å². The Balaban J connectivity index is 0.000000171. The molecule has 4 aromatic heterocycles. The lowest BCUT2D eigenvalue weighted by atomic mass is 9.95. The number of fused-ring (bicyclic) bond motifs is 6. The summed E-state index contributed by atoms with van der Waals surface area (Å²) < 4.78 is 24.4. The maximum Gasteiger partial charge on any atom is 0.410 e. The van der Waals surface area contributed by atoms with E-state index in [4.69, 9.17) is 44.0 Å². The highest BCUT2D eigenvalue weighted by Crippen LogP contribution is 2.60. The fraction of sp³-hybridized carbons (Fsp3) is 0.465. The molecule has 8 amide bonds. The zero-order chi connectivity index (χ0) is 91.9. The Hall–Kier alpha value is -13.1. The Morgan fingerprint density at radius 2 is 0.762 bits per heavy atom. The first kappa shape index (κ1) is 90.3. The number of alkyl carbamates (subject to hydrolysis) is 4. The first-order valence-electron chi connectivity index (χ1n) is 45.4. The number of amides is 8. The third-order valence-corrected chi connectivity index (χ3v) is 27.6. The van der Waals surface area contributed by atoms with Crippen LogP contribution in [0.4, 0.5) is 24.0 Å². The van der Waals surface area contributed by atoms with Crippen LogP contribution in [-0.2, 0) is 42.9 Å². The molecule has 684 valence electrons. The van der Waals surface area contributed by atoms with Crippen LogP contribution in [-0.4, -0.2) is 202 Å². The number of nitrogens with zero attached hydrogens (tertiary/aromatic N) is 8. The third-order valence-electron chi connectivity index (χ3n) is 27.6. The number of aliphatic carboxylic acids is 1. The predicted octanol–water partition coefficient (Wildman–Crippen LogP) is 17.3. The Bertz CT molecular complexity index is 5880. The van der Waals surface area contributed by atoms with Crippen molar-refractivity contribution in [3.8, 4) is 67.3 Å². The minimum Gasteiger partial charge on any atom is -0.480 e. The molecule has 2 spiro atoms. The van der Waals surface area contributed by atoms with Crippen molar-refractivity contribution in [2.24, 2.45) is 34.5 Å². The van der Waals surface area contributed by atoms with E-state index < -0.39 is 60.1 Å². The molecular weight excluding hydrogens is 1650 g/mol. The van der Waals surface area contributed by atoms with Gasteiger partial charge in [0.15, 0.2) is 0 Å².